The van der Waals surface area contributed by atoms with Crippen LogP contribution in [-0.4, -0.2) is 51.5 Å². The normalized spacial score (nSPS) is 12.7. The number of nitrogens with one attached hydrogen (secondary N) is 1. The van der Waals surface area contributed by atoms with E-state index in [2.05, 4.69) is 10.3 Å². The Balaban J connectivity index is 1.72. The van der Waals surface area contributed by atoms with Gasteiger partial charge in [0.1, 0.15) is 0 Å². The molecule has 6 heteroatoms. The Labute approximate surface area is 195 Å². The van der Waals surface area contributed by atoms with Gasteiger partial charge in [0.25, 0.3) is 11.8 Å². The highest BCUT2D eigenvalue weighted by Crippen LogP contribution is 2.14. The van der Waals surface area contributed by atoms with E-state index in [0.717, 1.165) is 5.56 Å². The van der Waals surface area contributed by atoms with Crippen LogP contribution in [-0.2, 0) is 6.42 Å². The molecule has 0 bridgehead atoms. The third kappa shape index (κ3) is 6.99. The molecule has 0 radical (unpaired) electrons. The van der Waals surface area contributed by atoms with Crippen molar-refractivity contribution in [1.82, 2.24) is 15.2 Å². The van der Waals surface area contributed by atoms with E-state index in [-0.39, 0.29) is 17.9 Å². The number of carbonyl (C=O) groups is 2. The highest BCUT2D eigenvalue weighted by Gasteiger charge is 2.25. The van der Waals surface area contributed by atoms with Gasteiger partial charge in [0, 0.05) is 30.5 Å². The van der Waals surface area contributed by atoms with Crippen LogP contribution in [0.2, 0.25) is 0 Å². The van der Waals surface area contributed by atoms with Gasteiger partial charge < -0.3 is 15.3 Å². The predicted octanol–water partition coefficient (Wildman–Crippen LogP) is 3.72. The molecule has 3 rings (SSSR count). The molecule has 0 saturated carbocycles. The molecule has 0 aliphatic rings. The van der Waals surface area contributed by atoms with Crippen LogP contribution in [0, 0.1) is 0 Å². The van der Waals surface area contributed by atoms with Crippen molar-refractivity contribution in [2.45, 2.75) is 44.9 Å². The maximum absolute atomic E-state index is 13.0. The van der Waals surface area contributed by atoms with Crippen molar-refractivity contribution >= 4 is 11.8 Å². The van der Waals surface area contributed by atoms with Crippen molar-refractivity contribution in [2.24, 2.45) is 0 Å². The Morgan fingerprint density at radius 3 is 2.18 bits per heavy atom. The molecule has 2 unspecified atom stereocenters. The van der Waals surface area contributed by atoms with E-state index in [4.69, 9.17) is 0 Å². The topological polar surface area (TPSA) is 82.5 Å². The Morgan fingerprint density at radius 1 is 0.939 bits per heavy atom. The number of aliphatic hydroxyl groups is 1. The van der Waals surface area contributed by atoms with Gasteiger partial charge in [0.05, 0.1) is 17.7 Å². The van der Waals surface area contributed by atoms with E-state index in [0.29, 0.717) is 30.5 Å². The fourth-order valence-corrected chi connectivity index (χ4v) is 3.71. The number of aromatic nitrogens is 1. The molecule has 2 N–H and O–H groups in total. The van der Waals surface area contributed by atoms with Crippen LogP contribution in [0.3, 0.4) is 0 Å². The Hall–Kier alpha value is -3.51. The molecule has 0 saturated heterocycles. The Morgan fingerprint density at radius 2 is 1.58 bits per heavy atom. The number of aliphatic hydroxyl groups excluding tert-OH is 1. The highest BCUT2D eigenvalue weighted by atomic mass is 16.3. The molecule has 33 heavy (non-hydrogen) atoms. The van der Waals surface area contributed by atoms with Gasteiger partial charge in [-0.2, -0.15) is 0 Å². The molecular formula is C27H31N3O3. The summed E-state index contributed by atoms with van der Waals surface area (Å²) < 4.78 is 0. The summed E-state index contributed by atoms with van der Waals surface area (Å²) in [6.45, 7) is 4.29. The van der Waals surface area contributed by atoms with Crippen LogP contribution in [0.1, 0.15) is 46.5 Å². The summed E-state index contributed by atoms with van der Waals surface area (Å²) >= 11 is 0. The van der Waals surface area contributed by atoms with Crippen molar-refractivity contribution in [3.8, 4) is 0 Å². The van der Waals surface area contributed by atoms with Crippen molar-refractivity contribution < 1.29 is 14.7 Å². The molecule has 1 aromatic heterocycles. The second-order valence-corrected chi connectivity index (χ2v) is 8.33. The molecular weight excluding hydrogens is 414 g/mol. The van der Waals surface area contributed by atoms with E-state index in [1.807, 2.05) is 62.4 Å². The third-order valence-corrected chi connectivity index (χ3v) is 5.57. The molecule has 0 aliphatic heterocycles. The first kappa shape index (κ1) is 24.1. The molecule has 2 atom stereocenters. The van der Waals surface area contributed by atoms with E-state index in [1.165, 1.54) is 6.20 Å². The van der Waals surface area contributed by atoms with Crippen molar-refractivity contribution in [2.75, 3.05) is 6.54 Å². The van der Waals surface area contributed by atoms with Crippen molar-refractivity contribution in [3.63, 3.8) is 0 Å². The predicted molar refractivity (Wildman–Crippen MR) is 129 cm³/mol. The second kappa shape index (κ2) is 11.9. The first-order valence-corrected chi connectivity index (χ1v) is 11.2. The minimum absolute atomic E-state index is 0.0255. The van der Waals surface area contributed by atoms with Crippen LogP contribution < -0.4 is 5.32 Å². The van der Waals surface area contributed by atoms with Gasteiger partial charge in [0.2, 0.25) is 0 Å². The second-order valence-electron chi connectivity index (χ2n) is 8.33. The lowest BCUT2D eigenvalue weighted by Gasteiger charge is -2.30. The lowest BCUT2D eigenvalue weighted by Crippen LogP contribution is -2.47. The zero-order chi connectivity index (χ0) is 23.6. The molecule has 0 aliphatic carbocycles. The Bertz CT molecular complexity index is 1010. The van der Waals surface area contributed by atoms with E-state index in [9.17, 15) is 14.7 Å². The zero-order valence-electron chi connectivity index (χ0n) is 19.1. The summed E-state index contributed by atoms with van der Waals surface area (Å²) in [4.78, 5) is 31.5. The summed E-state index contributed by atoms with van der Waals surface area (Å²) in [7, 11) is 0. The van der Waals surface area contributed by atoms with E-state index < -0.39 is 12.1 Å². The van der Waals surface area contributed by atoms with Gasteiger partial charge in [-0.3, -0.25) is 14.6 Å². The van der Waals surface area contributed by atoms with Gasteiger partial charge in [0.15, 0.2) is 0 Å². The zero-order valence-corrected chi connectivity index (χ0v) is 19.1. The van der Waals surface area contributed by atoms with Crippen LogP contribution in [0.4, 0.5) is 0 Å². The summed E-state index contributed by atoms with van der Waals surface area (Å²) in [6.07, 6.45) is 3.08. The van der Waals surface area contributed by atoms with Crippen LogP contribution in [0.5, 0.6) is 0 Å². The SMILES string of the molecule is CC(C)N(CCC(O)C(Cc1ccccc1)NC(=O)c1cccnc1)C(=O)c1ccccc1. The highest BCUT2D eigenvalue weighted by molar-refractivity contribution is 5.94. The number of amides is 2. The van der Waals surface area contributed by atoms with Crippen molar-refractivity contribution in [1.29, 1.82) is 0 Å². The minimum Gasteiger partial charge on any atom is -0.391 e. The van der Waals surface area contributed by atoms with E-state index >= 15 is 0 Å². The maximum Gasteiger partial charge on any atom is 0.254 e. The van der Waals surface area contributed by atoms with Gasteiger partial charge in [-0.05, 0) is 56.5 Å². The van der Waals surface area contributed by atoms with Crippen LogP contribution in [0.25, 0.3) is 0 Å². The maximum atomic E-state index is 13.0. The van der Waals surface area contributed by atoms with E-state index in [1.54, 1.807) is 35.4 Å². The van der Waals surface area contributed by atoms with Gasteiger partial charge >= 0.3 is 0 Å². The Kier molecular flexibility index (Phi) is 8.72. The average molecular weight is 446 g/mol. The third-order valence-electron chi connectivity index (χ3n) is 5.57. The summed E-state index contributed by atoms with van der Waals surface area (Å²) in [6, 6.07) is 21.7. The average Bonchev–Trinajstić information content (AvgIpc) is 2.85. The van der Waals surface area contributed by atoms with Crippen molar-refractivity contribution in [3.05, 3.63) is 102 Å². The number of pyridine rings is 1. The molecule has 2 aromatic carbocycles. The summed E-state index contributed by atoms with van der Waals surface area (Å²) in [5, 5.41) is 14.0. The minimum atomic E-state index is -0.837. The lowest BCUT2D eigenvalue weighted by atomic mass is 9.98. The number of hydrogen-bond donors (Lipinski definition) is 2. The smallest absolute Gasteiger partial charge is 0.254 e. The molecule has 3 aromatic rings. The molecule has 2 amide bonds. The van der Waals surface area contributed by atoms with Crippen LogP contribution in [0.15, 0.2) is 85.2 Å². The standard InChI is InChI=1S/C27H31N3O3/c1-20(2)30(27(33)22-12-7-4-8-13-22)17-15-25(31)24(18-21-10-5-3-6-11-21)29-26(32)23-14-9-16-28-19-23/h3-14,16,19-20,24-25,31H,15,17-18H2,1-2H3,(H,29,32). The molecule has 0 spiro atoms. The number of hydrogen-bond acceptors (Lipinski definition) is 4. The molecule has 1 heterocycles. The largest absolute Gasteiger partial charge is 0.391 e. The number of benzene rings is 2. The van der Waals surface area contributed by atoms with Gasteiger partial charge in [-0.25, -0.2) is 0 Å². The monoisotopic (exact) mass is 445 g/mol. The first-order chi connectivity index (χ1) is 16.0. The fraction of sp³-hybridized carbons (Fsp3) is 0.296. The summed E-state index contributed by atoms with van der Waals surface area (Å²) in [5.74, 6) is -0.360. The molecule has 172 valence electrons. The fourth-order valence-electron chi connectivity index (χ4n) is 3.71. The number of nitrogens with zero attached hydrogens (tertiary/aromatic N) is 2. The van der Waals surface area contributed by atoms with Crippen LogP contribution >= 0.6 is 0 Å². The first-order valence-electron chi connectivity index (χ1n) is 11.2. The summed E-state index contributed by atoms with van der Waals surface area (Å²) in [5.41, 5.74) is 2.06. The van der Waals surface area contributed by atoms with Gasteiger partial charge in [-0.15, -0.1) is 0 Å². The molecule has 6 nitrogen and oxygen atoms in total. The quantitative estimate of drug-likeness (QED) is 0.498. The number of carbonyl (C=O) groups excluding carboxylic acids is 2. The number of rotatable bonds is 10. The molecule has 0 fully saturated rings. The van der Waals surface area contributed by atoms with Gasteiger partial charge in [-0.1, -0.05) is 48.5 Å². The lowest BCUT2D eigenvalue weighted by molar-refractivity contribution is 0.0600.